The lowest BCUT2D eigenvalue weighted by atomic mass is 10.2. The molecule has 0 aliphatic heterocycles. The highest BCUT2D eigenvalue weighted by molar-refractivity contribution is 5.75. The quantitative estimate of drug-likeness (QED) is 0.742. The predicted octanol–water partition coefficient (Wildman–Crippen LogP) is 2.83. The standard InChI is InChI=1S/C13H18O3/c1-4-15-12-7-5-6-8-13(12)16-11(3)9-10(2)14/h5-8,11H,4,9H2,1-3H3. The zero-order valence-electron chi connectivity index (χ0n) is 10.0. The highest BCUT2D eigenvalue weighted by Crippen LogP contribution is 2.27. The smallest absolute Gasteiger partial charge is 0.161 e. The van der Waals surface area contributed by atoms with Gasteiger partial charge in [-0.15, -0.1) is 0 Å². The fourth-order valence-corrected chi connectivity index (χ4v) is 1.49. The Morgan fingerprint density at radius 3 is 2.50 bits per heavy atom. The molecule has 0 saturated carbocycles. The molecule has 0 aromatic heterocycles. The van der Waals surface area contributed by atoms with Crippen LogP contribution in [0.4, 0.5) is 0 Å². The van der Waals surface area contributed by atoms with E-state index in [2.05, 4.69) is 0 Å². The van der Waals surface area contributed by atoms with Crippen LogP contribution in [0.2, 0.25) is 0 Å². The van der Waals surface area contributed by atoms with Crippen molar-refractivity contribution >= 4 is 5.78 Å². The molecule has 16 heavy (non-hydrogen) atoms. The third-order valence-electron chi connectivity index (χ3n) is 2.05. The van der Waals surface area contributed by atoms with Crippen LogP contribution in [0.5, 0.6) is 11.5 Å². The van der Waals surface area contributed by atoms with Crippen LogP contribution in [-0.2, 0) is 4.79 Å². The van der Waals surface area contributed by atoms with Crippen molar-refractivity contribution < 1.29 is 14.3 Å². The summed E-state index contributed by atoms with van der Waals surface area (Å²) in [5, 5.41) is 0. The average molecular weight is 222 g/mol. The number of ether oxygens (including phenoxy) is 2. The van der Waals surface area contributed by atoms with E-state index in [9.17, 15) is 4.79 Å². The van der Waals surface area contributed by atoms with Gasteiger partial charge in [-0.05, 0) is 32.9 Å². The maximum Gasteiger partial charge on any atom is 0.161 e. The zero-order valence-corrected chi connectivity index (χ0v) is 10.0. The van der Waals surface area contributed by atoms with Crippen LogP contribution in [-0.4, -0.2) is 18.5 Å². The first-order valence-electron chi connectivity index (χ1n) is 5.51. The van der Waals surface area contributed by atoms with Gasteiger partial charge in [-0.25, -0.2) is 0 Å². The molecular weight excluding hydrogens is 204 g/mol. The highest BCUT2D eigenvalue weighted by Gasteiger charge is 2.10. The number of rotatable bonds is 6. The van der Waals surface area contributed by atoms with Gasteiger partial charge < -0.3 is 9.47 Å². The van der Waals surface area contributed by atoms with Gasteiger partial charge in [-0.1, -0.05) is 12.1 Å². The van der Waals surface area contributed by atoms with E-state index in [4.69, 9.17) is 9.47 Å². The molecule has 1 rings (SSSR count). The Hall–Kier alpha value is -1.51. The fraction of sp³-hybridized carbons (Fsp3) is 0.462. The highest BCUT2D eigenvalue weighted by atomic mass is 16.5. The molecule has 0 N–H and O–H groups in total. The summed E-state index contributed by atoms with van der Waals surface area (Å²) in [6, 6.07) is 7.49. The van der Waals surface area contributed by atoms with Gasteiger partial charge >= 0.3 is 0 Å². The van der Waals surface area contributed by atoms with E-state index in [1.807, 2.05) is 38.1 Å². The first kappa shape index (κ1) is 12.6. The second-order valence-corrected chi connectivity index (χ2v) is 3.71. The van der Waals surface area contributed by atoms with Crippen molar-refractivity contribution in [3.8, 4) is 11.5 Å². The Bertz CT molecular complexity index is 347. The van der Waals surface area contributed by atoms with Crippen LogP contribution < -0.4 is 9.47 Å². The number of carbonyl (C=O) groups is 1. The minimum absolute atomic E-state index is 0.126. The van der Waals surface area contributed by atoms with Crippen molar-refractivity contribution in [2.24, 2.45) is 0 Å². The molecule has 0 spiro atoms. The van der Waals surface area contributed by atoms with Gasteiger partial charge in [0.25, 0.3) is 0 Å². The predicted molar refractivity (Wildman–Crippen MR) is 63.0 cm³/mol. The van der Waals surface area contributed by atoms with Crippen molar-refractivity contribution in [2.75, 3.05) is 6.61 Å². The summed E-state index contributed by atoms with van der Waals surface area (Å²) in [4.78, 5) is 10.9. The number of ketones is 1. The molecule has 0 saturated heterocycles. The number of para-hydroxylation sites is 2. The van der Waals surface area contributed by atoms with E-state index in [-0.39, 0.29) is 11.9 Å². The van der Waals surface area contributed by atoms with Crippen LogP contribution in [0.3, 0.4) is 0 Å². The van der Waals surface area contributed by atoms with Gasteiger partial charge in [0.2, 0.25) is 0 Å². The molecule has 0 radical (unpaired) electrons. The summed E-state index contributed by atoms with van der Waals surface area (Å²) in [6.45, 7) is 5.97. The molecule has 1 aromatic rings. The fourth-order valence-electron chi connectivity index (χ4n) is 1.49. The molecule has 0 aliphatic rings. The molecule has 3 heteroatoms. The zero-order chi connectivity index (χ0) is 12.0. The molecule has 1 atom stereocenters. The van der Waals surface area contributed by atoms with E-state index in [1.165, 1.54) is 0 Å². The maximum absolute atomic E-state index is 10.9. The van der Waals surface area contributed by atoms with Crippen molar-refractivity contribution in [3.05, 3.63) is 24.3 Å². The van der Waals surface area contributed by atoms with E-state index in [1.54, 1.807) is 6.92 Å². The summed E-state index contributed by atoms with van der Waals surface area (Å²) >= 11 is 0. The molecule has 0 amide bonds. The summed E-state index contributed by atoms with van der Waals surface area (Å²) in [6.07, 6.45) is 0.291. The second kappa shape index (κ2) is 6.16. The van der Waals surface area contributed by atoms with Crippen LogP contribution in [0, 0.1) is 0 Å². The molecule has 1 unspecified atom stereocenters. The number of carbonyl (C=O) groups excluding carboxylic acids is 1. The number of hydrogen-bond donors (Lipinski definition) is 0. The Morgan fingerprint density at radius 2 is 1.94 bits per heavy atom. The largest absolute Gasteiger partial charge is 0.490 e. The molecule has 0 bridgehead atoms. The van der Waals surface area contributed by atoms with E-state index >= 15 is 0 Å². The third kappa shape index (κ3) is 3.93. The minimum Gasteiger partial charge on any atom is -0.490 e. The molecule has 0 heterocycles. The number of hydrogen-bond acceptors (Lipinski definition) is 3. The van der Waals surface area contributed by atoms with Crippen LogP contribution >= 0.6 is 0 Å². The van der Waals surface area contributed by atoms with Crippen molar-refractivity contribution in [2.45, 2.75) is 33.3 Å². The molecule has 1 aromatic carbocycles. The summed E-state index contributed by atoms with van der Waals surface area (Å²) in [7, 11) is 0. The van der Waals surface area contributed by atoms with E-state index < -0.39 is 0 Å². The maximum atomic E-state index is 10.9. The average Bonchev–Trinajstić information content (AvgIpc) is 2.20. The van der Waals surface area contributed by atoms with Crippen LogP contribution in [0.25, 0.3) is 0 Å². The van der Waals surface area contributed by atoms with Crippen molar-refractivity contribution in [1.82, 2.24) is 0 Å². The third-order valence-corrected chi connectivity index (χ3v) is 2.05. The van der Waals surface area contributed by atoms with Crippen molar-refractivity contribution in [3.63, 3.8) is 0 Å². The van der Waals surface area contributed by atoms with Crippen molar-refractivity contribution in [1.29, 1.82) is 0 Å². The van der Waals surface area contributed by atoms with Gasteiger partial charge in [-0.2, -0.15) is 0 Å². The lowest BCUT2D eigenvalue weighted by Crippen LogP contribution is -2.15. The Kier molecular flexibility index (Phi) is 4.83. The van der Waals surface area contributed by atoms with Gasteiger partial charge in [0.1, 0.15) is 11.9 Å². The molecule has 88 valence electrons. The van der Waals surface area contributed by atoms with Gasteiger partial charge in [0.05, 0.1) is 6.61 Å². The Morgan fingerprint density at radius 1 is 1.31 bits per heavy atom. The number of Topliss-reactive ketones (excluding diaryl/α,β-unsaturated/α-hetero) is 1. The molecule has 3 nitrogen and oxygen atoms in total. The van der Waals surface area contributed by atoms with E-state index in [0.717, 1.165) is 5.75 Å². The van der Waals surface area contributed by atoms with E-state index in [0.29, 0.717) is 18.8 Å². The lowest BCUT2D eigenvalue weighted by molar-refractivity contribution is -0.118. The normalized spacial score (nSPS) is 11.9. The van der Waals surface area contributed by atoms with Crippen LogP contribution in [0.15, 0.2) is 24.3 Å². The summed E-state index contributed by atoms with van der Waals surface area (Å²) < 4.78 is 11.1. The first-order valence-corrected chi connectivity index (χ1v) is 5.51. The second-order valence-electron chi connectivity index (χ2n) is 3.71. The topological polar surface area (TPSA) is 35.5 Å². The van der Waals surface area contributed by atoms with Crippen LogP contribution in [0.1, 0.15) is 27.2 Å². The molecule has 0 aliphatic carbocycles. The SMILES string of the molecule is CCOc1ccccc1OC(C)CC(C)=O. The monoisotopic (exact) mass is 222 g/mol. The van der Waals surface area contributed by atoms with Gasteiger partial charge in [0.15, 0.2) is 11.5 Å². The lowest BCUT2D eigenvalue weighted by Gasteiger charge is -2.16. The summed E-state index contributed by atoms with van der Waals surface area (Å²) in [5.41, 5.74) is 0. The number of benzene rings is 1. The first-order chi connectivity index (χ1) is 7.63. The molecule has 0 fully saturated rings. The van der Waals surface area contributed by atoms with Gasteiger partial charge in [-0.3, -0.25) is 4.79 Å². The Balaban J connectivity index is 2.68. The molecular formula is C13H18O3. The minimum atomic E-state index is -0.126. The Labute approximate surface area is 96.4 Å². The summed E-state index contributed by atoms with van der Waals surface area (Å²) in [5.74, 6) is 1.54. The van der Waals surface area contributed by atoms with Gasteiger partial charge in [0, 0.05) is 6.42 Å².